The van der Waals surface area contributed by atoms with Crippen LogP contribution in [0.4, 0.5) is 0 Å². The van der Waals surface area contributed by atoms with Gasteiger partial charge in [-0.1, -0.05) is 6.07 Å². The van der Waals surface area contributed by atoms with E-state index in [-0.39, 0.29) is 54.1 Å². The summed E-state index contributed by atoms with van der Waals surface area (Å²) in [6, 6.07) is 14.7. The maximum atomic E-state index is 2.12. The molecule has 0 heterocycles. The number of rotatable bonds is 0. The number of halogens is 2. The fraction of sp³-hybridized carbons (Fsp3) is 0. The SMILES string of the molecule is [Br-].[Br-].[Ir+3].c1ccc2[cH-]ccc2c1. The van der Waals surface area contributed by atoms with Gasteiger partial charge in [0.1, 0.15) is 0 Å². The molecule has 2 aromatic carbocycles. The summed E-state index contributed by atoms with van der Waals surface area (Å²) in [5, 5.41) is 2.66. The van der Waals surface area contributed by atoms with Gasteiger partial charge in [-0.25, -0.2) is 0 Å². The fourth-order valence-corrected chi connectivity index (χ4v) is 1.07. The van der Waals surface area contributed by atoms with Gasteiger partial charge in [-0.15, -0.1) is 29.7 Å². The van der Waals surface area contributed by atoms with Crippen molar-refractivity contribution in [3.63, 3.8) is 0 Å². The summed E-state index contributed by atoms with van der Waals surface area (Å²) >= 11 is 0. The molecule has 0 bridgehead atoms. The molecular formula is C9H7Br2Ir. The summed E-state index contributed by atoms with van der Waals surface area (Å²) in [7, 11) is 0. The van der Waals surface area contributed by atoms with E-state index in [1.807, 2.05) is 0 Å². The van der Waals surface area contributed by atoms with Gasteiger partial charge in [0.05, 0.1) is 0 Å². The van der Waals surface area contributed by atoms with E-state index >= 15 is 0 Å². The molecule has 0 unspecified atom stereocenters. The van der Waals surface area contributed by atoms with Gasteiger partial charge in [0.15, 0.2) is 0 Å². The van der Waals surface area contributed by atoms with Gasteiger partial charge in [0.2, 0.25) is 0 Å². The Morgan fingerprint density at radius 2 is 1.58 bits per heavy atom. The van der Waals surface area contributed by atoms with Crippen LogP contribution in [0.2, 0.25) is 0 Å². The van der Waals surface area contributed by atoms with Crippen LogP contribution >= 0.6 is 0 Å². The van der Waals surface area contributed by atoms with Gasteiger partial charge in [0.25, 0.3) is 0 Å². The average molecular weight is 467 g/mol. The molecule has 0 aliphatic heterocycles. The molecule has 0 spiro atoms. The summed E-state index contributed by atoms with van der Waals surface area (Å²) in [6.45, 7) is 0. The molecule has 0 atom stereocenters. The molecule has 0 fully saturated rings. The molecular weight excluding hydrogens is 460 g/mol. The fourth-order valence-electron chi connectivity index (χ4n) is 1.07. The quantitative estimate of drug-likeness (QED) is 0.354. The maximum absolute atomic E-state index is 2.12. The van der Waals surface area contributed by atoms with Crippen molar-refractivity contribution >= 4 is 10.8 Å². The van der Waals surface area contributed by atoms with Gasteiger partial charge in [0, 0.05) is 0 Å². The van der Waals surface area contributed by atoms with Gasteiger partial charge in [-0.05, 0) is 0 Å². The third kappa shape index (κ3) is 3.06. The van der Waals surface area contributed by atoms with E-state index in [0.717, 1.165) is 0 Å². The van der Waals surface area contributed by atoms with Crippen molar-refractivity contribution in [3.8, 4) is 0 Å². The topological polar surface area (TPSA) is 0 Å². The second-order valence-electron chi connectivity index (χ2n) is 2.15. The Bertz CT molecular complexity index is 287. The largest absolute Gasteiger partial charge is 3.00 e. The van der Waals surface area contributed by atoms with E-state index in [4.69, 9.17) is 0 Å². The minimum atomic E-state index is 0. The summed E-state index contributed by atoms with van der Waals surface area (Å²) in [4.78, 5) is 0. The van der Waals surface area contributed by atoms with E-state index in [1.165, 1.54) is 10.8 Å². The van der Waals surface area contributed by atoms with Crippen molar-refractivity contribution in [2.24, 2.45) is 0 Å². The Hall–Kier alpha value is 0.439. The third-order valence-electron chi connectivity index (χ3n) is 1.55. The van der Waals surface area contributed by atoms with Crippen LogP contribution in [0.1, 0.15) is 0 Å². The zero-order valence-corrected chi connectivity index (χ0v) is 11.7. The predicted octanol–water partition coefficient (Wildman–Crippen LogP) is -3.44. The monoisotopic (exact) mass is 466 g/mol. The molecule has 0 aliphatic carbocycles. The van der Waals surface area contributed by atoms with Gasteiger partial charge < -0.3 is 34.0 Å². The molecule has 3 heteroatoms. The van der Waals surface area contributed by atoms with Crippen molar-refractivity contribution in [2.45, 2.75) is 0 Å². The van der Waals surface area contributed by atoms with E-state index in [0.29, 0.717) is 0 Å². The molecule has 0 aliphatic rings. The smallest absolute Gasteiger partial charge is 1.00 e. The number of fused-ring (bicyclic) bond motifs is 1. The first-order valence-electron chi connectivity index (χ1n) is 3.07. The molecule has 0 aromatic heterocycles. The molecule has 0 radical (unpaired) electrons. The minimum absolute atomic E-state index is 0. The van der Waals surface area contributed by atoms with Crippen molar-refractivity contribution < 1.29 is 54.1 Å². The second kappa shape index (κ2) is 6.90. The Labute approximate surface area is 107 Å². The van der Waals surface area contributed by atoms with Crippen LogP contribution in [0.3, 0.4) is 0 Å². The first kappa shape index (κ1) is 14.9. The van der Waals surface area contributed by atoms with Crippen molar-refractivity contribution in [1.29, 1.82) is 0 Å². The average Bonchev–Trinajstić information content (AvgIpc) is 2.33. The zero-order chi connectivity index (χ0) is 6.10. The van der Waals surface area contributed by atoms with Crippen LogP contribution < -0.4 is 34.0 Å². The number of hydrogen-bond donors (Lipinski definition) is 0. The minimum Gasteiger partial charge on any atom is -1.00 e. The molecule has 0 amide bonds. The van der Waals surface area contributed by atoms with Crippen molar-refractivity contribution in [1.82, 2.24) is 0 Å². The molecule has 2 rings (SSSR count). The summed E-state index contributed by atoms with van der Waals surface area (Å²) in [5.41, 5.74) is 0. The molecule has 0 saturated heterocycles. The first-order chi connectivity index (χ1) is 4.47. The number of hydrogen-bond acceptors (Lipinski definition) is 0. The standard InChI is InChI=1S/C9H7.2BrH.Ir/c1-2-5-9-7-3-6-8(9)4-1;;;/h1-7H;2*1H;/q-1;;;+3/p-2. The zero-order valence-electron chi connectivity index (χ0n) is 6.13. The Morgan fingerprint density at radius 1 is 0.917 bits per heavy atom. The Kier molecular flexibility index (Phi) is 8.59. The molecule has 2 aromatic rings. The molecule has 66 valence electrons. The Morgan fingerprint density at radius 3 is 2.25 bits per heavy atom. The second-order valence-corrected chi connectivity index (χ2v) is 2.15. The van der Waals surface area contributed by atoms with Crippen LogP contribution in [-0.4, -0.2) is 0 Å². The summed E-state index contributed by atoms with van der Waals surface area (Å²) in [5.74, 6) is 0. The van der Waals surface area contributed by atoms with Crippen LogP contribution in [-0.2, 0) is 20.1 Å². The van der Waals surface area contributed by atoms with Crippen LogP contribution in [0.25, 0.3) is 10.8 Å². The number of benzene rings is 1. The van der Waals surface area contributed by atoms with Crippen LogP contribution in [0.15, 0.2) is 42.5 Å². The van der Waals surface area contributed by atoms with Gasteiger partial charge >= 0.3 is 20.1 Å². The molecule has 0 saturated carbocycles. The normalized spacial score (nSPS) is 7.67. The molecule has 12 heavy (non-hydrogen) atoms. The van der Waals surface area contributed by atoms with Crippen molar-refractivity contribution in [3.05, 3.63) is 42.5 Å². The van der Waals surface area contributed by atoms with E-state index in [2.05, 4.69) is 42.5 Å². The van der Waals surface area contributed by atoms with E-state index < -0.39 is 0 Å². The van der Waals surface area contributed by atoms with E-state index in [9.17, 15) is 0 Å². The van der Waals surface area contributed by atoms with Crippen LogP contribution in [0, 0.1) is 0 Å². The summed E-state index contributed by atoms with van der Waals surface area (Å²) in [6.07, 6.45) is 0. The third-order valence-corrected chi connectivity index (χ3v) is 1.55. The predicted molar refractivity (Wildman–Crippen MR) is 39.5 cm³/mol. The Balaban J connectivity index is 0. The van der Waals surface area contributed by atoms with E-state index in [1.54, 1.807) is 0 Å². The summed E-state index contributed by atoms with van der Waals surface area (Å²) < 4.78 is 0. The van der Waals surface area contributed by atoms with Crippen LogP contribution in [0.5, 0.6) is 0 Å². The van der Waals surface area contributed by atoms with Gasteiger partial charge in [-0.2, -0.15) is 17.5 Å². The first-order valence-corrected chi connectivity index (χ1v) is 3.07. The van der Waals surface area contributed by atoms with Gasteiger partial charge in [-0.3, -0.25) is 0 Å². The van der Waals surface area contributed by atoms with Crippen molar-refractivity contribution in [2.75, 3.05) is 0 Å². The molecule has 0 N–H and O–H groups in total. The molecule has 0 nitrogen and oxygen atoms in total. The maximum Gasteiger partial charge on any atom is 3.00 e.